The second-order valence-electron chi connectivity index (χ2n) is 6.24. The molecule has 132 valence electrons. The maximum Gasteiger partial charge on any atom is 0.253 e. The van der Waals surface area contributed by atoms with Gasteiger partial charge in [0.2, 0.25) is 0 Å². The molecule has 1 aromatic heterocycles. The van der Waals surface area contributed by atoms with Gasteiger partial charge in [0, 0.05) is 57.6 Å². The highest BCUT2D eigenvalue weighted by atomic mass is 16.2. The number of hydrogen-bond donors (Lipinski definition) is 1. The molecule has 8 heteroatoms. The van der Waals surface area contributed by atoms with E-state index in [0.717, 1.165) is 25.3 Å². The van der Waals surface area contributed by atoms with Crippen LogP contribution in [0.3, 0.4) is 0 Å². The Kier molecular flexibility index (Phi) is 5.14. The zero-order valence-corrected chi connectivity index (χ0v) is 14.4. The third-order valence-electron chi connectivity index (χ3n) is 4.67. The molecule has 1 N–H and O–H groups in total. The molecular weight excluding hydrogens is 320 g/mol. The summed E-state index contributed by atoms with van der Waals surface area (Å²) in [6.07, 6.45) is 2.25. The predicted octanol–water partition coefficient (Wildman–Crippen LogP) is -0.0647. The first-order valence-electron chi connectivity index (χ1n) is 8.51. The van der Waals surface area contributed by atoms with Crippen LogP contribution in [0.25, 0.3) is 0 Å². The normalized spacial score (nSPS) is 15.4. The smallest absolute Gasteiger partial charge is 0.253 e. The van der Waals surface area contributed by atoms with Crippen molar-refractivity contribution in [1.29, 1.82) is 5.26 Å². The molecule has 0 amide bonds. The van der Waals surface area contributed by atoms with Crippen LogP contribution in [0.4, 0.5) is 11.4 Å². The number of anilines is 2. The summed E-state index contributed by atoms with van der Waals surface area (Å²) in [5.41, 5.74) is 1.17. The number of nitriles is 1. The van der Waals surface area contributed by atoms with E-state index in [2.05, 4.69) is 21.4 Å². The lowest BCUT2D eigenvalue weighted by molar-refractivity contribution is 0.263. The summed E-state index contributed by atoms with van der Waals surface area (Å²) in [6, 6.07) is 4.07. The summed E-state index contributed by atoms with van der Waals surface area (Å²) in [6.45, 7) is 6.90. The van der Waals surface area contributed by atoms with Crippen molar-refractivity contribution in [3.8, 4) is 6.07 Å². The van der Waals surface area contributed by atoms with Gasteiger partial charge in [-0.2, -0.15) is 10.4 Å². The molecule has 1 aliphatic heterocycles. The number of nitrogens with one attached hydrogen (secondary N) is 1. The highest BCUT2D eigenvalue weighted by molar-refractivity contribution is 5.75. The first-order valence-corrected chi connectivity index (χ1v) is 8.51. The lowest BCUT2D eigenvalue weighted by Crippen LogP contribution is -2.51. The molecule has 2 heterocycles. The molecule has 1 fully saturated rings. The molecule has 0 bridgehead atoms. The lowest BCUT2D eigenvalue weighted by atomic mass is 10.1. The maximum absolute atomic E-state index is 12.0. The van der Waals surface area contributed by atoms with Crippen molar-refractivity contribution >= 4 is 11.4 Å². The minimum absolute atomic E-state index is 0.400. The summed E-state index contributed by atoms with van der Waals surface area (Å²) in [5, 5.41) is 16.0. The Hall–Kier alpha value is -2.66. The average molecular weight is 342 g/mol. The van der Waals surface area contributed by atoms with Crippen LogP contribution in [0.5, 0.6) is 0 Å². The van der Waals surface area contributed by atoms with Gasteiger partial charge in [0.15, 0.2) is 0 Å². The second kappa shape index (κ2) is 7.49. The second-order valence-corrected chi connectivity index (χ2v) is 6.24. The maximum atomic E-state index is 12.0. The van der Waals surface area contributed by atoms with Crippen LogP contribution in [-0.4, -0.2) is 53.9 Å². The number of piperazine rings is 1. The predicted molar refractivity (Wildman–Crippen MR) is 95.7 cm³/mol. The van der Waals surface area contributed by atoms with Gasteiger partial charge >= 0.3 is 0 Å². The lowest BCUT2D eigenvalue weighted by Gasteiger charge is -2.36. The molecule has 25 heavy (non-hydrogen) atoms. The molecule has 3 rings (SSSR count). The summed E-state index contributed by atoms with van der Waals surface area (Å²) in [7, 11) is 0. The number of aryl methyl sites for hydroxylation is 1. The fraction of sp³-hybridized carbons (Fsp3) is 0.529. The van der Waals surface area contributed by atoms with Crippen molar-refractivity contribution in [2.75, 3.05) is 49.5 Å². The Balaban J connectivity index is 1.58. The Morgan fingerprint density at radius 1 is 1.20 bits per heavy atom. The van der Waals surface area contributed by atoms with Crippen LogP contribution in [0, 0.1) is 18.3 Å². The monoisotopic (exact) mass is 342 g/mol. The number of hydrogen-bond acceptors (Lipinski definition) is 7. The van der Waals surface area contributed by atoms with Crippen LogP contribution in [-0.2, 0) is 6.54 Å². The van der Waals surface area contributed by atoms with E-state index in [4.69, 9.17) is 5.26 Å². The van der Waals surface area contributed by atoms with Gasteiger partial charge in [0.25, 0.3) is 10.9 Å². The average Bonchev–Trinajstić information content (AvgIpc) is 3.04. The van der Waals surface area contributed by atoms with Gasteiger partial charge in [0.05, 0.1) is 12.6 Å². The van der Waals surface area contributed by atoms with E-state index in [1.54, 1.807) is 6.20 Å². The first kappa shape index (κ1) is 17.2. The van der Waals surface area contributed by atoms with Crippen LogP contribution in [0.2, 0.25) is 0 Å². The molecule has 1 aromatic carbocycles. The third-order valence-corrected chi connectivity index (χ3v) is 4.67. The summed E-state index contributed by atoms with van der Waals surface area (Å²) in [4.78, 5) is 28.1. The molecule has 0 radical (unpaired) electrons. The zero-order chi connectivity index (χ0) is 17.8. The van der Waals surface area contributed by atoms with E-state index in [9.17, 15) is 9.59 Å². The molecule has 0 saturated carbocycles. The van der Waals surface area contributed by atoms with E-state index >= 15 is 0 Å². The van der Waals surface area contributed by atoms with Crippen molar-refractivity contribution in [3.05, 3.63) is 38.4 Å². The van der Waals surface area contributed by atoms with Crippen molar-refractivity contribution in [2.24, 2.45) is 0 Å². The van der Waals surface area contributed by atoms with Crippen molar-refractivity contribution < 1.29 is 0 Å². The minimum Gasteiger partial charge on any atom is -0.378 e. The standard InChI is InChI=1S/C17H22N6O2/c1-13-3-5-20-23(13)8-6-19-14-15(17(25)16(14)24)22-11-9-21(10-12-22)7-2-4-18/h3,5,19H,2,6-12H2,1H3. The van der Waals surface area contributed by atoms with Crippen LogP contribution >= 0.6 is 0 Å². The van der Waals surface area contributed by atoms with E-state index in [1.807, 2.05) is 22.6 Å². The summed E-state index contributed by atoms with van der Waals surface area (Å²) in [5.74, 6) is 0. The number of nitrogens with zero attached hydrogens (tertiary/aromatic N) is 5. The summed E-state index contributed by atoms with van der Waals surface area (Å²) < 4.78 is 1.85. The highest BCUT2D eigenvalue weighted by Gasteiger charge is 2.28. The molecule has 2 aromatic rings. The molecule has 0 atom stereocenters. The molecule has 1 aliphatic rings. The Morgan fingerprint density at radius 3 is 2.60 bits per heavy atom. The van der Waals surface area contributed by atoms with E-state index in [1.165, 1.54) is 0 Å². The van der Waals surface area contributed by atoms with Crippen LogP contribution < -0.4 is 21.1 Å². The van der Waals surface area contributed by atoms with Gasteiger partial charge in [0.1, 0.15) is 11.4 Å². The molecule has 1 saturated heterocycles. The largest absolute Gasteiger partial charge is 0.378 e. The van der Waals surface area contributed by atoms with Gasteiger partial charge in [-0.3, -0.25) is 19.2 Å². The van der Waals surface area contributed by atoms with Crippen molar-refractivity contribution in [3.63, 3.8) is 0 Å². The molecule has 0 spiro atoms. The first-order chi connectivity index (χ1) is 12.1. The zero-order valence-electron chi connectivity index (χ0n) is 14.4. The van der Waals surface area contributed by atoms with Crippen LogP contribution in [0.1, 0.15) is 12.1 Å². The Bertz CT molecular complexity index is 834. The van der Waals surface area contributed by atoms with E-state index in [0.29, 0.717) is 44.0 Å². The van der Waals surface area contributed by atoms with Gasteiger partial charge in [-0.1, -0.05) is 0 Å². The Morgan fingerprint density at radius 2 is 1.96 bits per heavy atom. The van der Waals surface area contributed by atoms with E-state index < -0.39 is 10.9 Å². The van der Waals surface area contributed by atoms with Gasteiger partial charge in [-0.25, -0.2) is 0 Å². The topological polar surface area (TPSA) is 94.3 Å². The number of rotatable bonds is 7. The van der Waals surface area contributed by atoms with Gasteiger partial charge in [-0.05, 0) is 13.0 Å². The molecular formula is C17H22N6O2. The third kappa shape index (κ3) is 3.56. The molecule has 0 aliphatic carbocycles. The van der Waals surface area contributed by atoms with Crippen molar-refractivity contribution in [1.82, 2.24) is 14.7 Å². The van der Waals surface area contributed by atoms with Gasteiger partial charge in [-0.15, -0.1) is 0 Å². The fourth-order valence-corrected chi connectivity index (χ4v) is 3.17. The summed E-state index contributed by atoms with van der Waals surface area (Å²) >= 11 is 0. The quantitative estimate of drug-likeness (QED) is 0.704. The van der Waals surface area contributed by atoms with Crippen LogP contribution in [0.15, 0.2) is 21.9 Å². The minimum atomic E-state index is -0.431. The van der Waals surface area contributed by atoms with Gasteiger partial charge < -0.3 is 10.2 Å². The van der Waals surface area contributed by atoms with E-state index in [-0.39, 0.29) is 0 Å². The number of aromatic nitrogens is 2. The fourth-order valence-electron chi connectivity index (χ4n) is 3.17. The Labute approximate surface area is 146 Å². The SMILES string of the molecule is Cc1ccnn1CCNc1c(N2CCN(CCC#N)CC2)c(=O)c1=O. The van der Waals surface area contributed by atoms with Crippen molar-refractivity contribution in [2.45, 2.75) is 19.9 Å². The molecule has 8 nitrogen and oxygen atoms in total. The highest BCUT2D eigenvalue weighted by Crippen LogP contribution is 2.21. The molecule has 0 unspecified atom stereocenters.